The van der Waals surface area contributed by atoms with E-state index in [0.717, 1.165) is 23.5 Å². The molecule has 78 valence electrons. The lowest BCUT2D eigenvalue weighted by Crippen LogP contribution is -2.24. The fourth-order valence-corrected chi connectivity index (χ4v) is 2.04. The zero-order valence-corrected chi connectivity index (χ0v) is 9.43. The van der Waals surface area contributed by atoms with Crippen LogP contribution >= 0.6 is 11.8 Å². The Morgan fingerprint density at radius 1 is 1.71 bits per heavy atom. The van der Waals surface area contributed by atoms with Crippen LogP contribution in [0.4, 0.5) is 0 Å². The monoisotopic (exact) mass is 212 g/mol. The summed E-state index contributed by atoms with van der Waals surface area (Å²) >= 11 is 1.69. The fourth-order valence-electron chi connectivity index (χ4n) is 1.22. The maximum Gasteiger partial charge on any atom is 0.256 e. The predicted molar refractivity (Wildman–Crippen MR) is 57.6 cm³/mol. The lowest BCUT2D eigenvalue weighted by atomic mass is 10.4. The van der Waals surface area contributed by atoms with Crippen molar-refractivity contribution in [2.24, 2.45) is 0 Å². The Kier molecular flexibility index (Phi) is 3.13. The third kappa shape index (κ3) is 3.03. The summed E-state index contributed by atoms with van der Waals surface area (Å²) in [6.07, 6.45) is 4.38. The van der Waals surface area contributed by atoms with E-state index in [-0.39, 0.29) is 0 Å². The Balaban J connectivity index is 1.72. The van der Waals surface area contributed by atoms with Crippen molar-refractivity contribution in [3.05, 3.63) is 12.0 Å². The van der Waals surface area contributed by atoms with E-state index in [4.69, 9.17) is 4.42 Å². The summed E-state index contributed by atoms with van der Waals surface area (Å²) in [5.74, 6) is 0. The molecule has 0 aliphatic heterocycles. The van der Waals surface area contributed by atoms with Gasteiger partial charge in [-0.1, -0.05) is 18.7 Å². The van der Waals surface area contributed by atoms with Gasteiger partial charge < -0.3 is 9.73 Å². The zero-order valence-electron chi connectivity index (χ0n) is 8.62. The number of rotatable bonds is 5. The van der Waals surface area contributed by atoms with Crippen molar-refractivity contribution in [3.63, 3.8) is 0 Å². The van der Waals surface area contributed by atoms with Crippen molar-refractivity contribution in [3.8, 4) is 0 Å². The van der Waals surface area contributed by atoms with Gasteiger partial charge in [0.2, 0.25) is 0 Å². The lowest BCUT2D eigenvalue weighted by Gasteiger charge is -2.08. The van der Waals surface area contributed by atoms with Gasteiger partial charge in [-0.15, -0.1) is 0 Å². The Bertz CT molecular complexity index is 296. The van der Waals surface area contributed by atoms with E-state index in [1.165, 1.54) is 12.8 Å². The second-order valence-corrected chi connectivity index (χ2v) is 5.26. The van der Waals surface area contributed by atoms with Crippen molar-refractivity contribution in [1.82, 2.24) is 10.3 Å². The Morgan fingerprint density at radius 3 is 3.07 bits per heavy atom. The molecule has 1 heterocycles. The fraction of sp³-hybridized carbons (Fsp3) is 0.700. The second-order valence-electron chi connectivity index (χ2n) is 3.87. The highest BCUT2D eigenvalue weighted by Gasteiger charge is 2.21. The quantitative estimate of drug-likeness (QED) is 0.759. The van der Waals surface area contributed by atoms with E-state index in [2.05, 4.69) is 17.2 Å². The van der Waals surface area contributed by atoms with Gasteiger partial charge in [0, 0.05) is 17.8 Å². The van der Waals surface area contributed by atoms with Gasteiger partial charge in [0.05, 0.1) is 5.69 Å². The van der Waals surface area contributed by atoms with Gasteiger partial charge in [-0.3, -0.25) is 0 Å². The number of aromatic nitrogens is 1. The first-order valence-corrected chi connectivity index (χ1v) is 5.94. The van der Waals surface area contributed by atoms with Crippen LogP contribution in [0.1, 0.15) is 25.5 Å². The van der Waals surface area contributed by atoms with Gasteiger partial charge in [-0.05, 0) is 19.8 Å². The smallest absolute Gasteiger partial charge is 0.256 e. The van der Waals surface area contributed by atoms with Crippen LogP contribution in [0.2, 0.25) is 0 Å². The van der Waals surface area contributed by atoms with Crippen molar-refractivity contribution in [1.29, 1.82) is 0 Å². The SMILES string of the molecule is Cc1coc(SC(C)CNC2CC2)n1. The minimum atomic E-state index is 0.522. The van der Waals surface area contributed by atoms with Crippen LogP contribution in [0.5, 0.6) is 0 Å². The molecule has 1 unspecified atom stereocenters. The van der Waals surface area contributed by atoms with E-state index in [0.29, 0.717) is 5.25 Å². The molecular formula is C10H16N2OS. The Hall–Kier alpha value is -0.480. The molecule has 3 nitrogen and oxygen atoms in total. The largest absolute Gasteiger partial charge is 0.440 e. The molecule has 1 aliphatic rings. The van der Waals surface area contributed by atoms with Crippen LogP contribution < -0.4 is 5.32 Å². The second kappa shape index (κ2) is 4.36. The topological polar surface area (TPSA) is 38.1 Å². The maximum absolute atomic E-state index is 5.28. The number of thioether (sulfide) groups is 1. The summed E-state index contributed by atoms with van der Waals surface area (Å²) in [4.78, 5) is 4.26. The molecular weight excluding hydrogens is 196 g/mol. The standard InChI is InChI=1S/C10H16N2OS/c1-7-6-13-10(12-7)14-8(2)5-11-9-3-4-9/h6,8-9,11H,3-5H2,1-2H3. The Morgan fingerprint density at radius 2 is 2.50 bits per heavy atom. The average Bonchev–Trinajstić information content (AvgIpc) is 2.88. The molecule has 1 atom stereocenters. The summed E-state index contributed by atoms with van der Waals surface area (Å²) in [6.45, 7) is 5.18. The van der Waals surface area contributed by atoms with Crippen molar-refractivity contribution in [2.45, 2.75) is 43.2 Å². The van der Waals surface area contributed by atoms with Crippen LogP contribution in [0, 0.1) is 6.92 Å². The molecule has 1 aliphatic carbocycles. The van der Waals surface area contributed by atoms with E-state index in [1.807, 2.05) is 6.92 Å². The minimum absolute atomic E-state index is 0.522. The number of nitrogens with one attached hydrogen (secondary N) is 1. The normalized spacial score (nSPS) is 18.4. The number of aryl methyl sites for hydroxylation is 1. The van der Waals surface area contributed by atoms with Gasteiger partial charge in [0.15, 0.2) is 0 Å². The van der Waals surface area contributed by atoms with E-state index >= 15 is 0 Å². The van der Waals surface area contributed by atoms with Crippen molar-refractivity contribution < 1.29 is 4.42 Å². The molecule has 0 spiro atoms. The van der Waals surface area contributed by atoms with Gasteiger partial charge in [-0.2, -0.15) is 0 Å². The van der Waals surface area contributed by atoms with Crippen molar-refractivity contribution >= 4 is 11.8 Å². The third-order valence-electron chi connectivity index (χ3n) is 2.17. The zero-order chi connectivity index (χ0) is 9.97. The average molecular weight is 212 g/mol. The minimum Gasteiger partial charge on any atom is -0.440 e. The third-order valence-corrected chi connectivity index (χ3v) is 3.13. The molecule has 14 heavy (non-hydrogen) atoms. The number of oxazole rings is 1. The summed E-state index contributed by atoms with van der Waals surface area (Å²) in [7, 11) is 0. The molecule has 1 aromatic heterocycles. The molecule has 1 N–H and O–H groups in total. The maximum atomic E-state index is 5.28. The summed E-state index contributed by atoms with van der Waals surface area (Å²) in [6, 6.07) is 0.782. The van der Waals surface area contributed by atoms with E-state index in [9.17, 15) is 0 Å². The molecule has 2 rings (SSSR count). The molecule has 0 bridgehead atoms. The van der Waals surface area contributed by atoms with Crippen LogP contribution in [-0.4, -0.2) is 22.8 Å². The highest BCUT2D eigenvalue weighted by molar-refractivity contribution is 7.99. The Labute approximate surface area is 88.7 Å². The lowest BCUT2D eigenvalue weighted by molar-refractivity contribution is 0.452. The molecule has 1 fully saturated rings. The highest BCUT2D eigenvalue weighted by atomic mass is 32.2. The molecule has 0 radical (unpaired) electrons. The number of hydrogen-bond donors (Lipinski definition) is 1. The predicted octanol–water partition coefficient (Wildman–Crippen LogP) is 2.22. The van der Waals surface area contributed by atoms with Crippen molar-refractivity contribution in [2.75, 3.05) is 6.54 Å². The summed E-state index contributed by atoms with van der Waals surface area (Å²) in [5.41, 5.74) is 0.954. The van der Waals surface area contributed by atoms with Crippen LogP contribution in [0.25, 0.3) is 0 Å². The van der Waals surface area contributed by atoms with Crippen LogP contribution in [0.3, 0.4) is 0 Å². The molecule has 0 saturated heterocycles. The molecule has 1 saturated carbocycles. The molecule has 0 aromatic carbocycles. The summed E-state index contributed by atoms with van der Waals surface area (Å²) in [5, 5.41) is 4.80. The van der Waals surface area contributed by atoms with Gasteiger partial charge >= 0.3 is 0 Å². The first kappa shape index (κ1) is 10.1. The number of nitrogens with zero attached hydrogens (tertiary/aromatic N) is 1. The van der Waals surface area contributed by atoms with E-state index < -0.39 is 0 Å². The molecule has 0 amide bonds. The first-order valence-electron chi connectivity index (χ1n) is 5.06. The number of hydrogen-bond acceptors (Lipinski definition) is 4. The van der Waals surface area contributed by atoms with Gasteiger partial charge in [0.25, 0.3) is 5.22 Å². The highest BCUT2D eigenvalue weighted by Crippen LogP contribution is 2.23. The first-order chi connectivity index (χ1) is 6.74. The van der Waals surface area contributed by atoms with Gasteiger partial charge in [-0.25, -0.2) is 4.98 Å². The van der Waals surface area contributed by atoms with Gasteiger partial charge in [0.1, 0.15) is 6.26 Å². The molecule has 4 heteroatoms. The van der Waals surface area contributed by atoms with E-state index in [1.54, 1.807) is 18.0 Å². The van der Waals surface area contributed by atoms with Crippen LogP contribution in [-0.2, 0) is 0 Å². The molecule has 1 aromatic rings. The van der Waals surface area contributed by atoms with Crippen LogP contribution in [0.15, 0.2) is 15.9 Å². The summed E-state index contributed by atoms with van der Waals surface area (Å²) < 4.78 is 5.28.